The van der Waals surface area contributed by atoms with Crippen molar-refractivity contribution < 1.29 is 0 Å². The van der Waals surface area contributed by atoms with Gasteiger partial charge in [0.05, 0.1) is 0 Å². The molecule has 1 aliphatic rings. The van der Waals surface area contributed by atoms with Gasteiger partial charge in [-0.25, -0.2) is 0 Å². The lowest BCUT2D eigenvalue weighted by Crippen LogP contribution is -2.25. The molecule has 1 saturated heterocycles. The van der Waals surface area contributed by atoms with Gasteiger partial charge in [-0.2, -0.15) is 0 Å². The Morgan fingerprint density at radius 3 is 2.27 bits per heavy atom. The minimum absolute atomic E-state index is 1.14. The van der Waals surface area contributed by atoms with Crippen molar-refractivity contribution in [3.05, 3.63) is 12.3 Å². The SMILES string of the molecule is C=C(C)N(C)CCCN1CCCC1.CC. The van der Waals surface area contributed by atoms with Crippen molar-refractivity contribution in [1.82, 2.24) is 9.80 Å². The van der Waals surface area contributed by atoms with Crippen LogP contribution < -0.4 is 0 Å². The van der Waals surface area contributed by atoms with Gasteiger partial charge < -0.3 is 9.80 Å². The highest BCUT2D eigenvalue weighted by Crippen LogP contribution is 2.08. The Bertz CT molecular complexity index is 160. The van der Waals surface area contributed by atoms with Crippen LogP contribution in [-0.4, -0.2) is 43.0 Å². The fourth-order valence-corrected chi connectivity index (χ4v) is 1.73. The van der Waals surface area contributed by atoms with E-state index in [2.05, 4.69) is 30.4 Å². The molecular weight excluding hydrogens is 184 g/mol. The molecule has 0 aliphatic carbocycles. The molecular formula is C13H28N2. The molecule has 2 heteroatoms. The zero-order valence-corrected chi connectivity index (χ0v) is 11.1. The van der Waals surface area contributed by atoms with E-state index in [1.54, 1.807) is 0 Å². The summed E-state index contributed by atoms with van der Waals surface area (Å²) in [6.07, 6.45) is 4.07. The number of nitrogens with zero attached hydrogens (tertiary/aromatic N) is 2. The number of hydrogen-bond donors (Lipinski definition) is 0. The first-order valence-electron chi connectivity index (χ1n) is 6.29. The first-order chi connectivity index (χ1) is 7.20. The van der Waals surface area contributed by atoms with Crippen LogP contribution in [0.5, 0.6) is 0 Å². The van der Waals surface area contributed by atoms with Crippen LogP contribution in [0.15, 0.2) is 12.3 Å². The quantitative estimate of drug-likeness (QED) is 0.691. The third-order valence-corrected chi connectivity index (χ3v) is 2.82. The molecule has 0 amide bonds. The first-order valence-corrected chi connectivity index (χ1v) is 6.29. The third-order valence-electron chi connectivity index (χ3n) is 2.82. The van der Waals surface area contributed by atoms with Gasteiger partial charge >= 0.3 is 0 Å². The Labute approximate surface area is 95.9 Å². The van der Waals surface area contributed by atoms with Crippen LogP contribution in [0.2, 0.25) is 0 Å². The smallest absolute Gasteiger partial charge is 0.0183 e. The second-order valence-electron chi connectivity index (χ2n) is 4.06. The summed E-state index contributed by atoms with van der Waals surface area (Å²) in [5.41, 5.74) is 1.17. The van der Waals surface area contributed by atoms with Crippen molar-refractivity contribution >= 4 is 0 Å². The van der Waals surface area contributed by atoms with Crippen molar-refractivity contribution in [2.75, 3.05) is 33.2 Å². The van der Waals surface area contributed by atoms with Crippen LogP contribution >= 0.6 is 0 Å². The molecule has 1 aliphatic heterocycles. The maximum atomic E-state index is 3.92. The van der Waals surface area contributed by atoms with Gasteiger partial charge in [0.1, 0.15) is 0 Å². The summed E-state index contributed by atoms with van der Waals surface area (Å²) in [7, 11) is 2.12. The molecule has 0 aromatic heterocycles. The number of rotatable bonds is 5. The molecule has 2 nitrogen and oxygen atoms in total. The molecule has 0 spiro atoms. The highest BCUT2D eigenvalue weighted by atomic mass is 15.1. The summed E-state index contributed by atoms with van der Waals surface area (Å²) in [5.74, 6) is 0. The zero-order chi connectivity index (χ0) is 11.7. The van der Waals surface area contributed by atoms with Gasteiger partial charge in [-0.05, 0) is 45.8 Å². The van der Waals surface area contributed by atoms with Gasteiger partial charge in [-0.3, -0.25) is 0 Å². The average Bonchev–Trinajstić information content (AvgIpc) is 2.73. The van der Waals surface area contributed by atoms with Crippen molar-refractivity contribution in [2.24, 2.45) is 0 Å². The fraction of sp³-hybridized carbons (Fsp3) is 0.846. The van der Waals surface area contributed by atoms with Crippen LogP contribution in [-0.2, 0) is 0 Å². The summed E-state index contributed by atoms with van der Waals surface area (Å²) in [6, 6.07) is 0. The standard InChI is InChI=1S/C11H22N2.C2H6/c1-11(2)12(3)7-6-10-13-8-4-5-9-13;1-2/h1,4-10H2,2-3H3;1-2H3. The molecule has 0 bridgehead atoms. The van der Waals surface area contributed by atoms with E-state index in [0.29, 0.717) is 0 Å². The molecule has 1 rings (SSSR count). The van der Waals surface area contributed by atoms with E-state index in [1.807, 2.05) is 13.8 Å². The van der Waals surface area contributed by atoms with E-state index in [0.717, 1.165) is 6.54 Å². The number of hydrogen-bond acceptors (Lipinski definition) is 2. The average molecular weight is 212 g/mol. The van der Waals surface area contributed by atoms with Crippen LogP contribution in [0.1, 0.15) is 40.0 Å². The molecule has 0 saturated carbocycles. The minimum atomic E-state index is 1.14. The van der Waals surface area contributed by atoms with E-state index in [-0.39, 0.29) is 0 Å². The maximum absolute atomic E-state index is 3.92. The van der Waals surface area contributed by atoms with Gasteiger partial charge in [-0.15, -0.1) is 0 Å². The zero-order valence-electron chi connectivity index (χ0n) is 11.1. The lowest BCUT2D eigenvalue weighted by atomic mass is 10.3. The van der Waals surface area contributed by atoms with Crippen LogP contribution in [0, 0.1) is 0 Å². The Kier molecular flexibility index (Phi) is 8.49. The van der Waals surface area contributed by atoms with E-state index in [4.69, 9.17) is 0 Å². The van der Waals surface area contributed by atoms with Crippen LogP contribution in [0.3, 0.4) is 0 Å². The normalized spacial score (nSPS) is 15.7. The molecule has 0 aromatic carbocycles. The van der Waals surface area contributed by atoms with Crippen LogP contribution in [0.25, 0.3) is 0 Å². The summed E-state index contributed by atoms with van der Waals surface area (Å²) in [4.78, 5) is 4.79. The highest BCUT2D eigenvalue weighted by molar-refractivity contribution is 4.85. The maximum Gasteiger partial charge on any atom is 0.0183 e. The second-order valence-corrected chi connectivity index (χ2v) is 4.06. The molecule has 1 heterocycles. The molecule has 0 unspecified atom stereocenters. The summed E-state index contributed by atoms with van der Waals surface area (Å²) >= 11 is 0. The van der Waals surface area contributed by atoms with Crippen molar-refractivity contribution in [1.29, 1.82) is 0 Å². The monoisotopic (exact) mass is 212 g/mol. The highest BCUT2D eigenvalue weighted by Gasteiger charge is 2.10. The predicted octanol–water partition coefficient (Wildman–Crippen LogP) is 2.96. The van der Waals surface area contributed by atoms with Gasteiger partial charge in [0.15, 0.2) is 0 Å². The van der Waals surface area contributed by atoms with E-state index in [1.165, 1.54) is 44.6 Å². The molecule has 0 radical (unpaired) electrons. The summed E-state index contributed by atoms with van der Waals surface area (Å²) in [6.45, 7) is 15.0. The Morgan fingerprint density at radius 1 is 1.27 bits per heavy atom. The fourth-order valence-electron chi connectivity index (χ4n) is 1.73. The van der Waals surface area contributed by atoms with E-state index < -0.39 is 0 Å². The van der Waals surface area contributed by atoms with Crippen molar-refractivity contribution in [3.8, 4) is 0 Å². The predicted molar refractivity (Wildman–Crippen MR) is 69.1 cm³/mol. The molecule has 0 atom stereocenters. The van der Waals surface area contributed by atoms with Gasteiger partial charge in [0.2, 0.25) is 0 Å². The molecule has 0 aromatic rings. The lowest BCUT2D eigenvalue weighted by molar-refractivity contribution is 0.306. The summed E-state index contributed by atoms with van der Waals surface area (Å²) < 4.78 is 0. The second kappa shape index (κ2) is 8.78. The van der Waals surface area contributed by atoms with Gasteiger partial charge in [0, 0.05) is 19.3 Å². The van der Waals surface area contributed by atoms with Crippen molar-refractivity contribution in [3.63, 3.8) is 0 Å². The summed E-state index contributed by atoms with van der Waals surface area (Å²) in [5, 5.41) is 0. The van der Waals surface area contributed by atoms with Crippen LogP contribution in [0.4, 0.5) is 0 Å². The largest absolute Gasteiger partial charge is 0.379 e. The Morgan fingerprint density at radius 2 is 1.80 bits per heavy atom. The van der Waals surface area contributed by atoms with E-state index >= 15 is 0 Å². The molecule has 15 heavy (non-hydrogen) atoms. The lowest BCUT2D eigenvalue weighted by Gasteiger charge is -2.21. The van der Waals surface area contributed by atoms with E-state index in [9.17, 15) is 0 Å². The van der Waals surface area contributed by atoms with Crippen molar-refractivity contribution in [2.45, 2.75) is 40.0 Å². The Balaban J connectivity index is 0.000000921. The molecule has 0 N–H and O–H groups in total. The van der Waals surface area contributed by atoms with Gasteiger partial charge in [0.25, 0.3) is 0 Å². The Hall–Kier alpha value is -0.500. The molecule has 1 fully saturated rings. The first kappa shape index (κ1) is 14.5. The number of likely N-dealkylation sites (tertiary alicyclic amines) is 1. The topological polar surface area (TPSA) is 6.48 Å². The third kappa shape index (κ3) is 6.56. The molecule has 90 valence electrons. The van der Waals surface area contributed by atoms with Gasteiger partial charge in [-0.1, -0.05) is 20.4 Å². The minimum Gasteiger partial charge on any atom is -0.379 e. The number of allylic oxidation sites excluding steroid dienone is 1.